The molecule has 7 heteroatoms. The summed E-state index contributed by atoms with van der Waals surface area (Å²) in [5.74, 6) is 1.46. The number of halogens is 1. The SMILES string of the molecule is C[C@H]1OCCN2C(c3cc(Br)c4c(c3)OCCO4)NC(=O)[C@H]12. The first-order valence-electron chi connectivity index (χ1n) is 7.42. The second kappa shape index (κ2) is 5.40. The molecular weight excluding hydrogens is 352 g/mol. The zero-order valence-corrected chi connectivity index (χ0v) is 13.8. The molecule has 118 valence electrons. The van der Waals surface area contributed by atoms with Gasteiger partial charge in [-0.15, -0.1) is 0 Å². The van der Waals surface area contributed by atoms with Gasteiger partial charge in [-0.05, 0) is 40.5 Å². The minimum absolute atomic E-state index is 0.0169. The summed E-state index contributed by atoms with van der Waals surface area (Å²) in [7, 11) is 0. The van der Waals surface area contributed by atoms with E-state index in [2.05, 4.69) is 26.1 Å². The van der Waals surface area contributed by atoms with Gasteiger partial charge >= 0.3 is 0 Å². The molecule has 0 bridgehead atoms. The normalized spacial score (nSPS) is 30.8. The van der Waals surface area contributed by atoms with Gasteiger partial charge in [0, 0.05) is 6.54 Å². The quantitative estimate of drug-likeness (QED) is 0.812. The van der Waals surface area contributed by atoms with Crippen molar-refractivity contribution >= 4 is 21.8 Å². The molecule has 0 aromatic heterocycles. The van der Waals surface area contributed by atoms with Crippen molar-refractivity contribution in [1.82, 2.24) is 10.2 Å². The maximum Gasteiger partial charge on any atom is 0.241 e. The van der Waals surface area contributed by atoms with Crippen molar-refractivity contribution in [2.75, 3.05) is 26.4 Å². The van der Waals surface area contributed by atoms with Crippen LogP contribution in [0, 0.1) is 0 Å². The van der Waals surface area contributed by atoms with Crippen molar-refractivity contribution in [3.05, 3.63) is 22.2 Å². The van der Waals surface area contributed by atoms with Crippen LogP contribution in [-0.4, -0.2) is 49.3 Å². The lowest BCUT2D eigenvalue weighted by Crippen LogP contribution is -2.49. The Hall–Kier alpha value is -1.31. The van der Waals surface area contributed by atoms with Crippen LogP contribution in [0.25, 0.3) is 0 Å². The maximum atomic E-state index is 12.3. The molecule has 2 saturated heterocycles. The number of benzene rings is 1. The van der Waals surface area contributed by atoms with E-state index < -0.39 is 0 Å². The van der Waals surface area contributed by atoms with Gasteiger partial charge in [0.1, 0.15) is 25.4 Å². The third kappa shape index (κ3) is 2.19. The number of nitrogens with one attached hydrogen (secondary N) is 1. The third-order valence-corrected chi connectivity index (χ3v) is 4.94. The van der Waals surface area contributed by atoms with Crippen molar-refractivity contribution in [3.63, 3.8) is 0 Å². The zero-order chi connectivity index (χ0) is 15.3. The number of hydrogen-bond donors (Lipinski definition) is 1. The molecule has 3 aliphatic heterocycles. The molecule has 1 amide bonds. The predicted molar refractivity (Wildman–Crippen MR) is 81.9 cm³/mol. The molecule has 22 heavy (non-hydrogen) atoms. The highest BCUT2D eigenvalue weighted by Gasteiger charge is 2.46. The fraction of sp³-hybridized carbons (Fsp3) is 0.533. The number of fused-ring (bicyclic) bond motifs is 2. The molecule has 1 aromatic rings. The Morgan fingerprint density at radius 1 is 1.27 bits per heavy atom. The fourth-order valence-electron chi connectivity index (χ4n) is 3.36. The molecule has 0 saturated carbocycles. The minimum Gasteiger partial charge on any atom is -0.486 e. The van der Waals surface area contributed by atoms with Crippen LogP contribution in [0.4, 0.5) is 0 Å². The number of ether oxygens (including phenoxy) is 3. The van der Waals surface area contributed by atoms with Crippen LogP contribution in [0.15, 0.2) is 16.6 Å². The first-order valence-corrected chi connectivity index (χ1v) is 8.21. The summed E-state index contributed by atoms with van der Waals surface area (Å²) in [4.78, 5) is 14.4. The predicted octanol–water partition coefficient (Wildman–Crippen LogP) is 1.44. The van der Waals surface area contributed by atoms with Crippen LogP contribution in [0.3, 0.4) is 0 Å². The third-order valence-electron chi connectivity index (χ3n) is 4.35. The lowest BCUT2D eigenvalue weighted by molar-refractivity contribution is -0.129. The highest BCUT2D eigenvalue weighted by Crippen LogP contribution is 2.41. The summed E-state index contributed by atoms with van der Waals surface area (Å²) in [5, 5.41) is 3.07. The Balaban J connectivity index is 1.70. The highest BCUT2D eigenvalue weighted by atomic mass is 79.9. The second-order valence-electron chi connectivity index (χ2n) is 5.70. The fourth-order valence-corrected chi connectivity index (χ4v) is 3.94. The zero-order valence-electron chi connectivity index (χ0n) is 12.2. The number of carbonyl (C=O) groups excluding carboxylic acids is 1. The molecule has 4 rings (SSSR count). The van der Waals surface area contributed by atoms with Gasteiger partial charge in [-0.2, -0.15) is 0 Å². The number of morpholine rings is 1. The standard InChI is InChI=1S/C15H17BrN2O4/c1-8-12-15(19)17-14(18(12)2-3-20-8)9-6-10(16)13-11(7-9)21-4-5-22-13/h6-8,12,14H,2-5H2,1H3,(H,17,19)/t8-,12+,14?/m1/s1. The monoisotopic (exact) mass is 368 g/mol. The summed E-state index contributed by atoms with van der Waals surface area (Å²) in [5.41, 5.74) is 0.987. The average molecular weight is 369 g/mol. The first-order chi connectivity index (χ1) is 10.6. The van der Waals surface area contributed by atoms with Gasteiger partial charge in [-0.1, -0.05) is 0 Å². The molecule has 1 unspecified atom stereocenters. The number of carbonyl (C=O) groups is 1. The average Bonchev–Trinajstić information content (AvgIpc) is 2.86. The topological polar surface area (TPSA) is 60.0 Å². The van der Waals surface area contributed by atoms with Crippen molar-refractivity contribution in [1.29, 1.82) is 0 Å². The lowest BCUT2D eigenvalue weighted by Gasteiger charge is -2.35. The van der Waals surface area contributed by atoms with Crippen LogP contribution in [-0.2, 0) is 9.53 Å². The summed E-state index contributed by atoms with van der Waals surface area (Å²) >= 11 is 3.53. The smallest absolute Gasteiger partial charge is 0.241 e. The highest BCUT2D eigenvalue weighted by molar-refractivity contribution is 9.10. The van der Waals surface area contributed by atoms with Gasteiger partial charge in [-0.3, -0.25) is 9.69 Å². The number of nitrogens with zero attached hydrogens (tertiary/aromatic N) is 1. The van der Waals surface area contributed by atoms with E-state index in [9.17, 15) is 4.79 Å². The second-order valence-corrected chi connectivity index (χ2v) is 6.55. The largest absolute Gasteiger partial charge is 0.486 e. The Morgan fingerprint density at radius 3 is 2.95 bits per heavy atom. The van der Waals surface area contributed by atoms with Crippen LogP contribution < -0.4 is 14.8 Å². The van der Waals surface area contributed by atoms with Crippen LogP contribution in [0.5, 0.6) is 11.5 Å². The molecule has 0 aliphatic carbocycles. The van der Waals surface area contributed by atoms with E-state index in [-0.39, 0.29) is 24.2 Å². The van der Waals surface area contributed by atoms with Gasteiger partial charge in [0.2, 0.25) is 5.91 Å². The number of rotatable bonds is 1. The minimum atomic E-state index is -0.231. The van der Waals surface area contributed by atoms with Gasteiger partial charge in [-0.25, -0.2) is 0 Å². The molecule has 0 radical (unpaired) electrons. The molecule has 3 heterocycles. The van der Waals surface area contributed by atoms with E-state index in [1.807, 2.05) is 19.1 Å². The Kier molecular flexibility index (Phi) is 3.51. The summed E-state index contributed by atoms with van der Waals surface area (Å²) in [6, 6.07) is 3.71. The van der Waals surface area contributed by atoms with Gasteiger partial charge in [0.15, 0.2) is 11.5 Å². The van der Waals surface area contributed by atoms with Crippen LogP contribution in [0.1, 0.15) is 18.7 Å². The van der Waals surface area contributed by atoms with E-state index in [1.165, 1.54) is 0 Å². The van der Waals surface area contributed by atoms with E-state index in [4.69, 9.17) is 14.2 Å². The van der Waals surface area contributed by atoms with Gasteiger partial charge < -0.3 is 19.5 Å². The van der Waals surface area contributed by atoms with E-state index in [0.29, 0.717) is 19.8 Å². The maximum absolute atomic E-state index is 12.3. The van der Waals surface area contributed by atoms with Gasteiger partial charge in [0.25, 0.3) is 0 Å². The van der Waals surface area contributed by atoms with Crippen molar-refractivity contribution in [3.8, 4) is 11.5 Å². The van der Waals surface area contributed by atoms with Crippen molar-refractivity contribution < 1.29 is 19.0 Å². The summed E-state index contributed by atoms with van der Waals surface area (Å²) in [6.07, 6.45) is -0.254. The van der Waals surface area contributed by atoms with Crippen LogP contribution >= 0.6 is 15.9 Å². The van der Waals surface area contributed by atoms with Crippen molar-refractivity contribution in [2.45, 2.75) is 25.2 Å². The molecular formula is C15H17BrN2O4. The lowest BCUT2D eigenvalue weighted by atomic mass is 10.1. The summed E-state index contributed by atoms with van der Waals surface area (Å²) in [6.45, 7) is 4.39. The van der Waals surface area contributed by atoms with E-state index in [1.54, 1.807) is 0 Å². The Bertz CT molecular complexity index is 624. The molecule has 3 atom stereocenters. The molecule has 2 fully saturated rings. The molecule has 6 nitrogen and oxygen atoms in total. The van der Waals surface area contributed by atoms with E-state index in [0.717, 1.165) is 28.1 Å². The van der Waals surface area contributed by atoms with Crippen molar-refractivity contribution in [2.24, 2.45) is 0 Å². The Morgan fingerprint density at radius 2 is 2.09 bits per heavy atom. The van der Waals surface area contributed by atoms with E-state index >= 15 is 0 Å². The molecule has 1 N–H and O–H groups in total. The first kappa shape index (κ1) is 14.3. The molecule has 3 aliphatic rings. The van der Waals surface area contributed by atoms with Crippen LogP contribution in [0.2, 0.25) is 0 Å². The number of amides is 1. The Labute approximate surface area is 136 Å². The summed E-state index contributed by atoms with van der Waals surface area (Å²) < 4.78 is 17.8. The molecule has 0 spiro atoms. The number of hydrogen-bond acceptors (Lipinski definition) is 5. The molecule has 1 aromatic carbocycles. The van der Waals surface area contributed by atoms with Gasteiger partial charge in [0.05, 0.1) is 17.2 Å².